The number of nitrogens with one attached hydrogen (secondary N) is 1. The SMILES string of the molecule is CCOc1ccc(C2=C(Nc3ccccc3)C(=O)N(Cc3ccccn3)C2=O)cc1. The quantitative estimate of drug-likeness (QED) is 0.611. The summed E-state index contributed by atoms with van der Waals surface area (Å²) in [5.74, 6) is -0.0202. The number of carbonyl (C=O) groups excluding carboxylic acids is 2. The third-order valence-corrected chi connectivity index (χ3v) is 4.71. The molecule has 2 amide bonds. The maximum absolute atomic E-state index is 13.3. The van der Waals surface area contributed by atoms with E-state index in [4.69, 9.17) is 4.74 Å². The van der Waals surface area contributed by atoms with Crippen molar-refractivity contribution in [1.82, 2.24) is 9.88 Å². The molecule has 1 aliphatic heterocycles. The molecule has 2 aromatic carbocycles. The van der Waals surface area contributed by atoms with Crippen molar-refractivity contribution < 1.29 is 14.3 Å². The number of pyridine rings is 1. The van der Waals surface area contributed by atoms with E-state index >= 15 is 0 Å². The third kappa shape index (κ3) is 3.93. The number of aromatic nitrogens is 1. The summed E-state index contributed by atoms with van der Waals surface area (Å²) in [4.78, 5) is 32.0. The molecular weight excluding hydrogens is 378 g/mol. The lowest BCUT2D eigenvalue weighted by Crippen LogP contribution is -2.32. The van der Waals surface area contributed by atoms with Crippen LogP contribution in [0, 0.1) is 0 Å². The number of hydrogen-bond donors (Lipinski definition) is 1. The maximum Gasteiger partial charge on any atom is 0.278 e. The Morgan fingerprint density at radius 1 is 0.900 bits per heavy atom. The van der Waals surface area contributed by atoms with Crippen molar-refractivity contribution in [2.75, 3.05) is 11.9 Å². The molecule has 3 aromatic rings. The van der Waals surface area contributed by atoms with Crippen LogP contribution in [0.2, 0.25) is 0 Å². The smallest absolute Gasteiger partial charge is 0.278 e. The van der Waals surface area contributed by atoms with Gasteiger partial charge in [0.2, 0.25) is 0 Å². The number of amides is 2. The van der Waals surface area contributed by atoms with Gasteiger partial charge in [-0.3, -0.25) is 19.5 Å². The number of anilines is 1. The van der Waals surface area contributed by atoms with Crippen molar-refractivity contribution in [3.05, 3.63) is 95.9 Å². The first-order chi connectivity index (χ1) is 14.7. The molecule has 30 heavy (non-hydrogen) atoms. The van der Waals surface area contributed by atoms with E-state index in [1.54, 1.807) is 42.6 Å². The monoisotopic (exact) mass is 399 g/mol. The van der Waals surface area contributed by atoms with Crippen molar-refractivity contribution in [3.8, 4) is 5.75 Å². The summed E-state index contributed by atoms with van der Waals surface area (Å²) in [6, 6.07) is 21.9. The number of imide groups is 1. The molecule has 6 nitrogen and oxygen atoms in total. The van der Waals surface area contributed by atoms with Gasteiger partial charge in [-0.05, 0) is 48.9 Å². The molecule has 1 aliphatic rings. The second kappa shape index (κ2) is 8.61. The highest BCUT2D eigenvalue weighted by atomic mass is 16.5. The minimum Gasteiger partial charge on any atom is -0.494 e. The zero-order valence-electron chi connectivity index (χ0n) is 16.5. The van der Waals surface area contributed by atoms with Crippen molar-refractivity contribution in [2.24, 2.45) is 0 Å². The Kier molecular flexibility index (Phi) is 5.57. The van der Waals surface area contributed by atoms with Crippen LogP contribution in [0.5, 0.6) is 5.75 Å². The van der Waals surface area contributed by atoms with Crippen LogP contribution >= 0.6 is 0 Å². The van der Waals surface area contributed by atoms with E-state index < -0.39 is 0 Å². The number of hydrogen-bond acceptors (Lipinski definition) is 5. The van der Waals surface area contributed by atoms with Crippen molar-refractivity contribution in [3.63, 3.8) is 0 Å². The molecule has 2 heterocycles. The highest BCUT2D eigenvalue weighted by Crippen LogP contribution is 2.32. The van der Waals surface area contributed by atoms with Crippen LogP contribution in [0.15, 0.2) is 84.7 Å². The van der Waals surface area contributed by atoms with Crippen LogP contribution < -0.4 is 10.1 Å². The molecule has 0 atom stereocenters. The van der Waals surface area contributed by atoms with Crippen molar-refractivity contribution in [2.45, 2.75) is 13.5 Å². The Hall–Kier alpha value is -3.93. The van der Waals surface area contributed by atoms with Crippen LogP contribution in [-0.4, -0.2) is 28.3 Å². The lowest BCUT2D eigenvalue weighted by atomic mass is 10.0. The van der Waals surface area contributed by atoms with E-state index in [-0.39, 0.29) is 24.1 Å². The number of rotatable bonds is 7. The number of nitrogens with zero attached hydrogens (tertiary/aromatic N) is 2. The topological polar surface area (TPSA) is 71.5 Å². The van der Waals surface area contributed by atoms with E-state index in [9.17, 15) is 9.59 Å². The predicted octanol–water partition coefficient (Wildman–Crippen LogP) is 3.87. The van der Waals surface area contributed by atoms with Crippen LogP contribution in [0.4, 0.5) is 5.69 Å². The molecule has 1 N–H and O–H groups in total. The Morgan fingerprint density at radius 2 is 1.63 bits per heavy atom. The number of para-hydroxylation sites is 1. The summed E-state index contributed by atoms with van der Waals surface area (Å²) in [6.07, 6.45) is 1.64. The molecule has 0 radical (unpaired) electrons. The largest absolute Gasteiger partial charge is 0.494 e. The Labute approximate surface area is 174 Å². The van der Waals surface area contributed by atoms with Gasteiger partial charge in [-0.25, -0.2) is 0 Å². The van der Waals surface area contributed by atoms with Crippen LogP contribution in [-0.2, 0) is 16.1 Å². The summed E-state index contributed by atoms with van der Waals surface area (Å²) in [7, 11) is 0. The molecule has 0 spiro atoms. The lowest BCUT2D eigenvalue weighted by molar-refractivity contribution is -0.137. The third-order valence-electron chi connectivity index (χ3n) is 4.71. The van der Waals surface area contributed by atoms with Crippen molar-refractivity contribution >= 4 is 23.1 Å². The zero-order chi connectivity index (χ0) is 20.9. The molecule has 6 heteroatoms. The molecule has 4 rings (SSSR count). The minimum absolute atomic E-state index is 0.110. The fourth-order valence-corrected chi connectivity index (χ4v) is 3.31. The second-order valence-corrected chi connectivity index (χ2v) is 6.72. The molecule has 0 bridgehead atoms. The van der Waals surface area contributed by atoms with Gasteiger partial charge < -0.3 is 10.1 Å². The fraction of sp³-hybridized carbons (Fsp3) is 0.125. The van der Waals surface area contributed by atoms with Gasteiger partial charge >= 0.3 is 0 Å². The van der Waals surface area contributed by atoms with Gasteiger partial charge in [-0.1, -0.05) is 36.4 Å². The fourth-order valence-electron chi connectivity index (χ4n) is 3.31. The van der Waals surface area contributed by atoms with E-state index in [1.807, 2.05) is 43.3 Å². The first-order valence-corrected chi connectivity index (χ1v) is 9.73. The molecule has 0 fully saturated rings. The molecule has 0 saturated carbocycles. The Morgan fingerprint density at radius 3 is 2.30 bits per heavy atom. The lowest BCUT2D eigenvalue weighted by Gasteiger charge is -2.14. The van der Waals surface area contributed by atoms with Crippen LogP contribution in [0.1, 0.15) is 18.2 Å². The van der Waals surface area contributed by atoms with Gasteiger partial charge in [0.15, 0.2) is 0 Å². The number of benzene rings is 2. The highest BCUT2D eigenvalue weighted by Gasteiger charge is 2.39. The van der Waals surface area contributed by atoms with E-state index in [2.05, 4.69) is 10.3 Å². The highest BCUT2D eigenvalue weighted by molar-refractivity contribution is 6.36. The van der Waals surface area contributed by atoms with Gasteiger partial charge in [0.25, 0.3) is 11.8 Å². The average Bonchev–Trinajstić information content (AvgIpc) is 3.00. The summed E-state index contributed by atoms with van der Waals surface area (Å²) in [5.41, 5.74) is 2.62. The predicted molar refractivity (Wildman–Crippen MR) is 114 cm³/mol. The number of ether oxygens (including phenoxy) is 1. The minimum atomic E-state index is -0.376. The normalized spacial score (nSPS) is 13.7. The summed E-state index contributed by atoms with van der Waals surface area (Å²) >= 11 is 0. The van der Waals surface area contributed by atoms with Crippen molar-refractivity contribution in [1.29, 1.82) is 0 Å². The standard InChI is InChI=1S/C24H21N3O3/c1-2-30-20-13-11-17(12-14-20)21-22(26-18-8-4-3-5-9-18)24(29)27(23(21)28)16-19-10-6-7-15-25-19/h3-15,26H,2,16H2,1H3. The van der Waals surface area contributed by atoms with Crippen LogP contribution in [0.3, 0.4) is 0 Å². The summed E-state index contributed by atoms with van der Waals surface area (Å²) in [5, 5.41) is 3.14. The molecule has 1 aromatic heterocycles. The van der Waals surface area contributed by atoms with E-state index in [1.165, 1.54) is 4.90 Å². The number of carbonyl (C=O) groups is 2. The second-order valence-electron chi connectivity index (χ2n) is 6.72. The van der Waals surface area contributed by atoms with Gasteiger partial charge in [0, 0.05) is 11.9 Å². The van der Waals surface area contributed by atoms with Gasteiger partial charge in [0.1, 0.15) is 11.4 Å². The molecule has 150 valence electrons. The van der Waals surface area contributed by atoms with Gasteiger partial charge in [0.05, 0.1) is 24.4 Å². The first-order valence-electron chi connectivity index (χ1n) is 9.73. The van der Waals surface area contributed by atoms with Gasteiger partial charge in [-0.15, -0.1) is 0 Å². The first kappa shape index (κ1) is 19.4. The molecule has 0 saturated heterocycles. The Bertz CT molecular complexity index is 1080. The maximum atomic E-state index is 13.3. The molecule has 0 unspecified atom stereocenters. The Balaban J connectivity index is 1.71. The van der Waals surface area contributed by atoms with E-state index in [0.29, 0.717) is 29.2 Å². The molecular formula is C24H21N3O3. The average molecular weight is 399 g/mol. The molecule has 0 aliphatic carbocycles. The zero-order valence-corrected chi connectivity index (χ0v) is 16.5. The van der Waals surface area contributed by atoms with E-state index in [0.717, 1.165) is 5.69 Å². The van der Waals surface area contributed by atoms with Gasteiger partial charge in [-0.2, -0.15) is 0 Å². The summed E-state index contributed by atoms with van der Waals surface area (Å²) in [6.45, 7) is 2.57. The van der Waals surface area contributed by atoms with Crippen LogP contribution in [0.25, 0.3) is 5.57 Å². The summed E-state index contributed by atoms with van der Waals surface area (Å²) < 4.78 is 5.49.